The summed E-state index contributed by atoms with van der Waals surface area (Å²) >= 11 is 0. The molecular formula is C26H22FNO3. The average Bonchev–Trinajstić information content (AvgIpc) is 3.29. The van der Waals surface area contributed by atoms with Crippen molar-refractivity contribution in [3.63, 3.8) is 0 Å². The van der Waals surface area contributed by atoms with Crippen LogP contribution in [0, 0.1) is 5.82 Å². The van der Waals surface area contributed by atoms with Gasteiger partial charge < -0.3 is 9.64 Å². The molecule has 5 heteroatoms. The van der Waals surface area contributed by atoms with Gasteiger partial charge in [0.05, 0.1) is 5.56 Å². The van der Waals surface area contributed by atoms with Crippen LogP contribution in [0.15, 0.2) is 72.8 Å². The van der Waals surface area contributed by atoms with Gasteiger partial charge >= 0.3 is 5.97 Å². The van der Waals surface area contributed by atoms with Crippen molar-refractivity contribution in [3.05, 3.63) is 106 Å². The molecule has 4 nitrogen and oxygen atoms in total. The Morgan fingerprint density at radius 3 is 2.58 bits per heavy atom. The highest BCUT2D eigenvalue weighted by atomic mass is 19.1. The summed E-state index contributed by atoms with van der Waals surface area (Å²) in [5.41, 5.74) is 3.78. The van der Waals surface area contributed by atoms with Crippen LogP contribution in [0.2, 0.25) is 0 Å². The lowest BCUT2D eigenvalue weighted by atomic mass is 9.93. The molecular weight excluding hydrogens is 393 g/mol. The monoisotopic (exact) mass is 415 g/mol. The van der Waals surface area contributed by atoms with E-state index in [-0.39, 0.29) is 29.7 Å². The molecule has 0 bridgehead atoms. The first kappa shape index (κ1) is 19.5. The van der Waals surface area contributed by atoms with Crippen LogP contribution in [-0.4, -0.2) is 29.9 Å². The van der Waals surface area contributed by atoms with Crippen LogP contribution in [-0.2, 0) is 11.2 Å². The molecule has 1 fully saturated rings. The number of hydrogen-bond donors (Lipinski definition) is 0. The maximum Gasteiger partial charge on any atom is 0.339 e. The molecule has 1 amide bonds. The number of hydrogen-bond acceptors (Lipinski definition) is 3. The number of esters is 1. The summed E-state index contributed by atoms with van der Waals surface area (Å²) < 4.78 is 19.2. The molecule has 1 saturated heterocycles. The highest BCUT2D eigenvalue weighted by Crippen LogP contribution is 2.32. The van der Waals surface area contributed by atoms with Crippen molar-refractivity contribution in [3.8, 4) is 0 Å². The molecule has 2 aliphatic rings. The Kier molecular flexibility index (Phi) is 5.02. The Hall–Kier alpha value is -3.47. The van der Waals surface area contributed by atoms with Crippen molar-refractivity contribution in [2.45, 2.75) is 24.9 Å². The molecule has 0 aromatic heterocycles. The summed E-state index contributed by atoms with van der Waals surface area (Å²) in [7, 11) is 0. The summed E-state index contributed by atoms with van der Waals surface area (Å²) in [6, 6.07) is 21.4. The zero-order chi connectivity index (χ0) is 21.4. The van der Waals surface area contributed by atoms with Gasteiger partial charge in [0.2, 0.25) is 0 Å². The second-order valence-electron chi connectivity index (χ2n) is 8.17. The third kappa shape index (κ3) is 3.83. The van der Waals surface area contributed by atoms with Gasteiger partial charge in [-0.05, 0) is 53.4 Å². The Morgan fingerprint density at radius 2 is 1.77 bits per heavy atom. The fraction of sp³-hybridized carbons (Fsp3) is 0.231. The molecule has 0 spiro atoms. The van der Waals surface area contributed by atoms with Crippen LogP contribution in [0.4, 0.5) is 4.39 Å². The van der Waals surface area contributed by atoms with Crippen molar-refractivity contribution < 1.29 is 18.7 Å². The van der Waals surface area contributed by atoms with Gasteiger partial charge in [-0.2, -0.15) is 0 Å². The average molecular weight is 415 g/mol. The lowest BCUT2D eigenvalue weighted by Gasteiger charge is -2.26. The number of carbonyl (C=O) groups excluding carboxylic acids is 2. The predicted octanol–water partition coefficient (Wildman–Crippen LogP) is 4.91. The molecule has 0 saturated carbocycles. The molecule has 2 atom stereocenters. The Bertz CT molecular complexity index is 1140. The van der Waals surface area contributed by atoms with E-state index in [0.29, 0.717) is 30.6 Å². The fourth-order valence-corrected chi connectivity index (χ4v) is 4.54. The summed E-state index contributed by atoms with van der Waals surface area (Å²) in [6.45, 7) is 1.19. The maximum atomic E-state index is 13.6. The standard InChI is InChI=1S/C26H22FNO3/c27-22-8-4-7-18(14-22)20-11-12-28(16-20)25(29)19-9-10-23-21(13-19)15-24(31-26(23)30)17-5-2-1-3-6-17/h1-10,13-14,20,24H,11-12,15-16H2. The van der Waals surface area contributed by atoms with Crippen LogP contribution in [0.5, 0.6) is 0 Å². The Labute approximate surface area is 180 Å². The van der Waals surface area contributed by atoms with E-state index in [1.165, 1.54) is 6.07 Å². The summed E-state index contributed by atoms with van der Waals surface area (Å²) in [5.74, 6) is -0.537. The number of amides is 1. The van der Waals surface area contributed by atoms with Gasteiger partial charge in [0.25, 0.3) is 5.91 Å². The highest BCUT2D eigenvalue weighted by Gasteiger charge is 2.31. The Morgan fingerprint density at radius 1 is 0.968 bits per heavy atom. The van der Waals surface area contributed by atoms with E-state index in [9.17, 15) is 14.0 Å². The lowest BCUT2D eigenvalue weighted by Crippen LogP contribution is -2.29. The fourth-order valence-electron chi connectivity index (χ4n) is 4.54. The summed E-state index contributed by atoms with van der Waals surface area (Å²) in [6.07, 6.45) is 0.997. The first-order chi connectivity index (χ1) is 15.1. The number of fused-ring (bicyclic) bond motifs is 1. The molecule has 2 aliphatic heterocycles. The van der Waals surface area contributed by atoms with Gasteiger partial charge in [-0.1, -0.05) is 42.5 Å². The van der Waals surface area contributed by atoms with E-state index in [2.05, 4.69) is 0 Å². The van der Waals surface area contributed by atoms with Gasteiger partial charge in [-0.25, -0.2) is 9.18 Å². The minimum Gasteiger partial charge on any atom is -0.454 e. The molecule has 3 aromatic rings. The van der Waals surface area contributed by atoms with Gasteiger partial charge in [-0.15, -0.1) is 0 Å². The largest absolute Gasteiger partial charge is 0.454 e. The molecule has 31 heavy (non-hydrogen) atoms. The van der Waals surface area contributed by atoms with Gasteiger partial charge in [-0.3, -0.25) is 4.79 Å². The molecule has 0 radical (unpaired) electrons. The van der Waals surface area contributed by atoms with Gasteiger partial charge in [0, 0.05) is 31.0 Å². The van der Waals surface area contributed by atoms with Crippen LogP contribution in [0.25, 0.3) is 0 Å². The minimum atomic E-state index is -0.360. The number of nitrogens with zero attached hydrogens (tertiary/aromatic N) is 1. The third-order valence-electron chi connectivity index (χ3n) is 6.19. The van der Waals surface area contributed by atoms with Crippen LogP contribution >= 0.6 is 0 Å². The SMILES string of the molecule is O=C1OC(c2ccccc2)Cc2cc(C(=O)N3CCC(c4cccc(F)c4)C3)ccc21. The number of benzene rings is 3. The molecule has 2 unspecified atom stereocenters. The second kappa shape index (κ2) is 7.99. The minimum absolute atomic E-state index is 0.0584. The molecule has 156 valence electrons. The zero-order valence-electron chi connectivity index (χ0n) is 17.0. The number of ether oxygens (including phenoxy) is 1. The lowest BCUT2D eigenvalue weighted by molar-refractivity contribution is 0.0252. The van der Waals surface area contributed by atoms with Crippen molar-refractivity contribution in [2.75, 3.05) is 13.1 Å². The summed E-state index contributed by atoms with van der Waals surface area (Å²) in [4.78, 5) is 27.4. The van der Waals surface area contributed by atoms with Gasteiger partial charge in [0.1, 0.15) is 11.9 Å². The molecule has 3 aromatic carbocycles. The van der Waals surface area contributed by atoms with E-state index in [0.717, 1.165) is 23.1 Å². The van der Waals surface area contributed by atoms with Crippen LogP contribution in [0.3, 0.4) is 0 Å². The molecule has 0 N–H and O–H groups in total. The molecule has 5 rings (SSSR count). The zero-order valence-corrected chi connectivity index (χ0v) is 17.0. The van der Waals surface area contributed by atoms with Crippen molar-refractivity contribution in [1.29, 1.82) is 0 Å². The topological polar surface area (TPSA) is 46.6 Å². The number of carbonyl (C=O) groups is 2. The number of halogens is 1. The first-order valence-corrected chi connectivity index (χ1v) is 10.5. The first-order valence-electron chi connectivity index (χ1n) is 10.5. The Balaban J connectivity index is 1.35. The van der Waals surface area contributed by atoms with Crippen molar-refractivity contribution in [1.82, 2.24) is 4.90 Å². The predicted molar refractivity (Wildman–Crippen MR) is 114 cm³/mol. The maximum absolute atomic E-state index is 13.6. The van der Waals surface area contributed by atoms with E-state index in [4.69, 9.17) is 4.74 Å². The van der Waals surface area contributed by atoms with E-state index < -0.39 is 0 Å². The summed E-state index contributed by atoms with van der Waals surface area (Å²) in [5, 5.41) is 0. The van der Waals surface area contributed by atoms with Gasteiger partial charge in [0.15, 0.2) is 0 Å². The van der Waals surface area contributed by atoms with Crippen LogP contribution < -0.4 is 0 Å². The number of likely N-dealkylation sites (tertiary alicyclic amines) is 1. The van der Waals surface area contributed by atoms with Crippen molar-refractivity contribution in [2.24, 2.45) is 0 Å². The number of rotatable bonds is 3. The van der Waals surface area contributed by atoms with Crippen molar-refractivity contribution >= 4 is 11.9 Å². The highest BCUT2D eigenvalue weighted by molar-refractivity contribution is 5.98. The normalized spacial score (nSPS) is 20.3. The molecule has 0 aliphatic carbocycles. The second-order valence-corrected chi connectivity index (χ2v) is 8.17. The van der Waals surface area contributed by atoms with E-state index >= 15 is 0 Å². The van der Waals surface area contributed by atoms with Crippen LogP contribution in [0.1, 0.15) is 55.8 Å². The third-order valence-corrected chi connectivity index (χ3v) is 6.19. The van der Waals surface area contributed by atoms with E-state index in [1.54, 1.807) is 24.3 Å². The smallest absolute Gasteiger partial charge is 0.339 e. The van der Waals surface area contributed by atoms with E-state index in [1.807, 2.05) is 47.4 Å². The number of cyclic esters (lactones) is 1. The molecule has 2 heterocycles. The quantitative estimate of drug-likeness (QED) is 0.571.